The molecule has 6 nitrogen and oxygen atoms in total. The Morgan fingerprint density at radius 1 is 1.04 bits per heavy atom. The number of para-hydroxylation sites is 1. The minimum absolute atomic E-state index is 0.0157. The van der Waals surface area contributed by atoms with E-state index in [4.69, 9.17) is 4.42 Å². The van der Waals surface area contributed by atoms with Crippen molar-refractivity contribution in [2.24, 2.45) is 0 Å². The molecule has 0 aliphatic carbocycles. The molecular weight excluding hydrogens is 359 g/mol. The molecule has 2 aliphatic heterocycles. The van der Waals surface area contributed by atoms with E-state index in [1.165, 1.54) is 6.07 Å². The average molecular weight is 386 g/mol. The van der Waals surface area contributed by atoms with Gasteiger partial charge in [0.1, 0.15) is 11.6 Å². The third-order valence-electron chi connectivity index (χ3n) is 5.63. The van der Waals surface area contributed by atoms with Crippen LogP contribution in [0.15, 0.2) is 47.1 Å². The van der Waals surface area contributed by atoms with E-state index in [1.54, 1.807) is 12.3 Å². The number of carbonyl (C=O) groups excluding carboxylic acids is 1. The Morgan fingerprint density at radius 2 is 1.79 bits per heavy atom. The number of amides is 2. The summed E-state index contributed by atoms with van der Waals surface area (Å²) >= 11 is 0. The number of carbonyl (C=O) groups is 1. The first kappa shape index (κ1) is 18.8. The van der Waals surface area contributed by atoms with Crippen molar-refractivity contribution in [3.63, 3.8) is 0 Å². The van der Waals surface area contributed by atoms with E-state index in [1.807, 2.05) is 29.2 Å². The van der Waals surface area contributed by atoms with Crippen LogP contribution in [0.4, 0.5) is 14.9 Å². The summed E-state index contributed by atoms with van der Waals surface area (Å²) in [6.07, 6.45) is 3.35. The van der Waals surface area contributed by atoms with Gasteiger partial charge in [0.15, 0.2) is 0 Å². The second-order valence-electron chi connectivity index (χ2n) is 7.50. The van der Waals surface area contributed by atoms with Crippen LogP contribution in [-0.4, -0.2) is 61.1 Å². The van der Waals surface area contributed by atoms with Crippen molar-refractivity contribution in [1.82, 2.24) is 15.1 Å². The summed E-state index contributed by atoms with van der Waals surface area (Å²) in [4.78, 5) is 18.9. The van der Waals surface area contributed by atoms with E-state index in [0.717, 1.165) is 64.4 Å². The van der Waals surface area contributed by atoms with Crippen LogP contribution in [0, 0.1) is 5.82 Å². The first-order chi connectivity index (χ1) is 13.7. The fraction of sp³-hybridized carbons (Fsp3) is 0.476. The highest BCUT2D eigenvalue weighted by Crippen LogP contribution is 2.23. The van der Waals surface area contributed by atoms with Gasteiger partial charge in [-0.2, -0.15) is 0 Å². The Bertz CT molecular complexity index is 766. The number of nitrogens with zero attached hydrogens (tertiary/aromatic N) is 3. The molecule has 1 aromatic heterocycles. The Labute approximate surface area is 164 Å². The molecule has 7 heteroatoms. The molecule has 0 saturated carbocycles. The normalized spacial score (nSPS) is 19.0. The maximum absolute atomic E-state index is 13.9. The molecule has 0 bridgehead atoms. The quantitative estimate of drug-likeness (QED) is 0.878. The van der Waals surface area contributed by atoms with Crippen LogP contribution in [0.5, 0.6) is 0 Å². The number of benzene rings is 1. The molecule has 1 aromatic carbocycles. The first-order valence-electron chi connectivity index (χ1n) is 9.99. The second kappa shape index (κ2) is 8.65. The summed E-state index contributed by atoms with van der Waals surface area (Å²) in [5, 5.41) is 3.17. The van der Waals surface area contributed by atoms with Gasteiger partial charge < -0.3 is 19.5 Å². The lowest BCUT2D eigenvalue weighted by Crippen LogP contribution is -2.54. The molecule has 0 spiro atoms. The molecule has 3 heterocycles. The highest BCUT2D eigenvalue weighted by atomic mass is 19.1. The number of nitrogens with one attached hydrogen (secondary N) is 1. The van der Waals surface area contributed by atoms with Crippen molar-refractivity contribution in [3.05, 3.63) is 54.2 Å². The van der Waals surface area contributed by atoms with Crippen molar-refractivity contribution in [2.75, 3.05) is 44.2 Å². The van der Waals surface area contributed by atoms with Gasteiger partial charge in [0, 0.05) is 45.3 Å². The van der Waals surface area contributed by atoms with Crippen molar-refractivity contribution in [3.8, 4) is 0 Å². The minimum Gasteiger partial charge on any atom is -0.468 e. The highest BCUT2D eigenvalue weighted by Gasteiger charge is 2.26. The number of hydrogen-bond donors (Lipinski definition) is 1. The highest BCUT2D eigenvalue weighted by molar-refractivity contribution is 5.74. The number of hydrogen-bond acceptors (Lipinski definition) is 4. The lowest BCUT2D eigenvalue weighted by molar-refractivity contribution is 0.127. The molecule has 150 valence electrons. The molecule has 2 aliphatic rings. The molecule has 28 heavy (non-hydrogen) atoms. The van der Waals surface area contributed by atoms with Gasteiger partial charge in [0.05, 0.1) is 18.5 Å². The van der Waals surface area contributed by atoms with E-state index >= 15 is 0 Å². The van der Waals surface area contributed by atoms with Gasteiger partial charge in [-0.25, -0.2) is 9.18 Å². The van der Waals surface area contributed by atoms with Crippen molar-refractivity contribution in [2.45, 2.75) is 25.4 Å². The zero-order chi connectivity index (χ0) is 19.3. The third-order valence-corrected chi connectivity index (χ3v) is 5.63. The Morgan fingerprint density at radius 3 is 2.46 bits per heavy atom. The Hall–Kier alpha value is -2.54. The van der Waals surface area contributed by atoms with E-state index in [-0.39, 0.29) is 17.9 Å². The first-order valence-corrected chi connectivity index (χ1v) is 9.99. The third kappa shape index (κ3) is 4.47. The fourth-order valence-corrected chi connectivity index (χ4v) is 3.97. The standard InChI is InChI=1S/C21H27FN4O2/c22-19-5-1-2-6-20(19)25-9-7-17(8-10-25)23-21(27)26-13-11-24(12-14-26)16-18-4-3-15-28-18/h1-6,15,17H,7-14,16H2,(H,23,27). The van der Waals surface area contributed by atoms with E-state index in [2.05, 4.69) is 15.1 Å². The molecule has 2 amide bonds. The van der Waals surface area contributed by atoms with Gasteiger partial charge in [0.2, 0.25) is 0 Å². The molecule has 1 N–H and O–H groups in total. The average Bonchev–Trinajstić information content (AvgIpc) is 3.23. The van der Waals surface area contributed by atoms with Gasteiger partial charge in [-0.15, -0.1) is 0 Å². The lowest BCUT2D eigenvalue weighted by Gasteiger charge is -2.37. The molecular formula is C21H27FN4O2. The smallest absolute Gasteiger partial charge is 0.317 e. The number of halogens is 1. The summed E-state index contributed by atoms with van der Waals surface area (Å²) < 4.78 is 19.3. The maximum Gasteiger partial charge on any atom is 0.317 e. The van der Waals surface area contributed by atoms with Gasteiger partial charge in [-0.3, -0.25) is 4.90 Å². The van der Waals surface area contributed by atoms with Crippen LogP contribution >= 0.6 is 0 Å². The van der Waals surface area contributed by atoms with Gasteiger partial charge in [-0.05, 0) is 37.1 Å². The van der Waals surface area contributed by atoms with Gasteiger partial charge in [0.25, 0.3) is 0 Å². The molecule has 2 fully saturated rings. The van der Waals surface area contributed by atoms with Crippen molar-refractivity contribution in [1.29, 1.82) is 0 Å². The molecule has 0 unspecified atom stereocenters. The van der Waals surface area contributed by atoms with Crippen LogP contribution in [0.25, 0.3) is 0 Å². The number of piperazine rings is 1. The van der Waals surface area contributed by atoms with Crippen molar-refractivity contribution < 1.29 is 13.6 Å². The van der Waals surface area contributed by atoms with Crippen LogP contribution in [-0.2, 0) is 6.54 Å². The maximum atomic E-state index is 13.9. The monoisotopic (exact) mass is 386 g/mol. The number of urea groups is 1. The van der Waals surface area contributed by atoms with Crippen molar-refractivity contribution >= 4 is 11.7 Å². The predicted molar refractivity (Wildman–Crippen MR) is 106 cm³/mol. The Kier molecular flexibility index (Phi) is 5.81. The lowest BCUT2D eigenvalue weighted by atomic mass is 10.0. The van der Waals surface area contributed by atoms with E-state index < -0.39 is 0 Å². The van der Waals surface area contributed by atoms with Gasteiger partial charge in [-0.1, -0.05) is 12.1 Å². The second-order valence-corrected chi connectivity index (χ2v) is 7.50. The molecule has 0 atom stereocenters. The zero-order valence-corrected chi connectivity index (χ0v) is 16.0. The topological polar surface area (TPSA) is 52.0 Å². The fourth-order valence-electron chi connectivity index (χ4n) is 3.97. The van der Waals surface area contributed by atoms with Crippen LogP contribution in [0.3, 0.4) is 0 Å². The number of furan rings is 1. The summed E-state index contributed by atoms with van der Waals surface area (Å²) in [5.41, 5.74) is 0.653. The Balaban J connectivity index is 1.20. The SMILES string of the molecule is O=C(NC1CCN(c2ccccc2F)CC1)N1CCN(Cc2ccco2)CC1. The number of piperidine rings is 1. The summed E-state index contributed by atoms with van der Waals surface area (Å²) in [6, 6.07) is 10.9. The largest absolute Gasteiger partial charge is 0.468 e. The van der Waals surface area contributed by atoms with Crippen LogP contribution < -0.4 is 10.2 Å². The minimum atomic E-state index is -0.183. The van der Waals surface area contributed by atoms with Gasteiger partial charge >= 0.3 is 6.03 Å². The molecule has 2 aromatic rings. The summed E-state index contributed by atoms with van der Waals surface area (Å²) in [6.45, 7) is 5.43. The molecule has 0 radical (unpaired) electrons. The van der Waals surface area contributed by atoms with E-state index in [0.29, 0.717) is 5.69 Å². The zero-order valence-electron chi connectivity index (χ0n) is 16.0. The van der Waals surface area contributed by atoms with Crippen LogP contribution in [0.2, 0.25) is 0 Å². The summed E-state index contributed by atoms with van der Waals surface area (Å²) in [7, 11) is 0. The number of anilines is 1. The predicted octanol–water partition coefficient (Wildman–Crippen LogP) is 2.91. The molecule has 4 rings (SSSR count). The van der Waals surface area contributed by atoms with E-state index in [9.17, 15) is 9.18 Å². The molecule has 2 saturated heterocycles. The van der Waals surface area contributed by atoms with Crippen LogP contribution in [0.1, 0.15) is 18.6 Å². The number of rotatable bonds is 4. The summed E-state index contributed by atoms with van der Waals surface area (Å²) in [5.74, 6) is 0.775.